The van der Waals surface area contributed by atoms with Gasteiger partial charge in [-0.15, -0.1) is 0 Å². The van der Waals surface area contributed by atoms with Crippen LogP contribution in [-0.4, -0.2) is 25.1 Å². The van der Waals surface area contributed by atoms with Crippen LogP contribution < -0.4 is 0 Å². The van der Waals surface area contributed by atoms with E-state index in [1.807, 2.05) is 0 Å². The lowest BCUT2D eigenvalue weighted by Gasteiger charge is -2.37. The minimum absolute atomic E-state index is 0.292. The van der Waals surface area contributed by atoms with Gasteiger partial charge in [0.15, 0.2) is 9.84 Å². The average molecular weight is 152 g/mol. The maximum atomic E-state index is 12.4. The second-order valence-corrected chi connectivity index (χ2v) is 5.47. The first kappa shape index (κ1) is 6.99. The number of hydrogen-bond acceptors (Lipinski definition) is 2. The molecule has 1 fully saturated rings. The van der Waals surface area contributed by atoms with Crippen LogP contribution in [0.4, 0.5) is 4.39 Å². The predicted molar refractivity (Wildman–Crippen MR) is 32.8 cm³/mol. The molecule has 0 bridgehead atoms. The van der Waals surface area contributed by atoms with E-state index in [0.29, 0.717) is 0 Å². The van der Waals surface area contributed by atoms with Gasteiger partial charge in [-0.3, -0.25) is 0 Å². The van der Waals surface area contributed by atoms with E-state index in [0.717, 1.165) is 0 Å². The van der Waals surface area contributed by atoms with Gasteiger partial charge >= 0.3 is 0 Å². The molecule has 1 aliphatic rings. The Morgan fingerprint density at radius 1 is 1.56 bits per heavy atom. The zero-order valence-corrected chi connectivity index (χ0v) is 6.20. The zero-order chi connectivity index (χ0) is 7.28. The van der Waals surface area contributed by atoms with Crippen molar-refractivity contribution in [1.82, 2.24) is 0 Å². The lowest BCUT2D eigenvalue weighted by molar-refractivity contribution is 0.261. The van der Waals surface area contributed by atoms with Crippen molar-refractivity contribution in [3.8, 4) is 0 Å². The molecule has 0 aromatic carbocycles. The normalized spacial score (nSPS) is 37.4. The molecule has 0 aromatic rings. The molecule has 0 spiro atoms. The van der Waals surface area contributed by atoms with Crippen LogP contribution in [0.5, 0.6) is 0 Å². The molecule has 0 aromatic heterocycles. The fraction of sp³-hybridized carbons (Fsp3) is 1.00. The standard InChI is InChI=1S/C5H9FO2S/c1-5(2)4(6)3-9(5,7)8/h4H,3H2,1-2H3. The first-order valence-electron chi connectivity index (χ1n) is 2.74. The monoisotopic (exact) mass is 152 g/mol. The van der Waals surface area contributed by atoms with E-state index >= 15 is 0 Å². The Labute approximate surface area is 54.0 Å². The summed E-state index contributed by atoms with van der Waals surface area (Å²) in [6.45, 7) is 2.83. The van der Waals surface area contributed by atoms with Crippen molar-refractivity contribution in [1.29, 1.82) is 0 Å². The average Bonchev–Trinajstić information content (AvgIpc) is 1.65. The Morgan fingerprint density at radius 3 is 2.00 bits per heavy atom. The van der Waals surface area contributed by atoms with E-state index in [4.69, 9.17) is 0 Å². The molecule has 4 heteroatoms. The van der Waals surface area contributed by atoms with E-state index in [-0.39, 0.29) is 5.75 Å². The largest absolute Gasteiger partial charge is 0.245 e. The van der Waals surface area contributed by atoms with Crippen molar-refractivity contribution in [2.75, 3.05) is 5.75 Å². The lowest BCUT2D eigenvalue weighted by Crippen LogP contribution is -2.57. The Balaban J connectivity index is 2.96. The summed E-state index contributed by atoms with van der Waals surface area (Å²) in [5.41, 5.74) is 0. The van der Waals surface area contributed by atoms with Crippen molar-refractivity contribution in [3.05, 3.63) is 0 Å². The first-order valence-corrected chi connectivity index (χ1v) is 4.39. The number of rotatable bonds is 0. The van der Waals surface area contributed by atoms with Crippen molar-refractivity contribution in [2.45, 2.75) is 24.8 Å². The van der Waals surface area contributed by atoms with Gasteiger partial charge < -0.3 is 0 Å². The molecular weight excluding hydrogens is 143 g/mol. The van der Waals surface area contributed by atoms with Crippen LogP contribution in [0.3, 0.4) is 0 Å². The summed E-state index contributed by atoms with van der Waals surface area (Å²) in [4.78, 5) is 0. The van der Waals surface area contributed by atoms with Gasteiger partial charge in [0.1, 0.15) is 6.17 Å². The number of sulfone groups is 1. The molecule has 1 heterocycles. The highest BCUT2D eigenvalue weighted by molar-refractivity contribution is 7.94. The molecule has 1 unspecified atom stereocenters. The molecular formula is C5H9FO2S. The summed E-state index contributed by atoms with van der Waals surface area (Å²) in [5.74, 6) is -0.292. The molecule has 1 aliphatic heterocycles. The predicted octanol–water partition coefficient (Wildman–Crippen LogP) is 0.532. The maximum Gasteiger partial charge on any atom is 0.161 e. The van der Waals surface area contributed by atoms with Crippen LogP contribution in [0.1, 0.15) is 13.8 Å². The van der Waals surface area contributed by atoms with Gasteiger partial charge in [0.2, 0.25) is 0 Å². The highest BCUT2D eigenvalue weighted by Gasteiger charge is 2.54. The van der Waals surface area contributed by atoms with Crippen molar-refractivity contribution < 1.29 is 12.8 Å². The van der Waals surface area contributed by atoms with Crippen LogP contribution >= 0.6 is 0 Å². The Morgan fingerprint density at radius 2 is 2.00 bits per heavy atom. The van der Waals surface area contributed by atoms with Crippen LogP contribution in [0.15, 0.2) is 0 Å². The number of halogens is 1. The molecule has 0 N–H and O–H groups in total. The summed E-state index contributed by atoms with van der Waals surface area (Å²) < 4.78 is 32.7. The number of alkyl halides is 1. The zero-order valence-electron chi connectivity index (χ0n) is 5.39. The molecule has 1 atom stereocenters. The van der Waals surface area contributed by atoms with E-state index < -0.39 is 20.8 Å². The van der Waals surface area contributed by atoms with E-state index in [9.17, 15) is 12.8 Å². The van der Waals surface area contributed by atoms with Crippen LogP contribution in [0, 0.1) is 0 Å². The molecule has 2 nitrogen and oxygen atoms in total. The molecule has 0 amide bonds. The van der Waals surface area contributed by atoms with E-state index in [2.05, 4.69) is 0 Å². The fourth-order valence-corrected chi connectivity index (χ4v) is 2.11. The summed E-state index contributed by atoms with van der Waals surface area (Å²) in [6.07, 6.45) is -1.16. The van der Waals surface area contributed by atoms with E-state index in [1.165, 1.54) is 13.8 Å². The number of hydrogen-bond donors (Lipinski definition) is 0. The van der Waals surface area contributed by atoms with Crippen molar-refractivity contribution >= 4 is 9.84 Å². The third-order valence-corrected chi connectivity index (χ3v) is 4.51. The molecule has 0 saturated carbocycles. The van der Waals surface area contributed by atoms with Gasteiger partial charge in [-0.2, -0.15) is 0 Å². The molecule has 9 heavy (non-hydrogen) atoms. The molecule has 0 radical (unpaired) electrons. The fourth-order valence-electron chi connectivity index (χ4n) is 0.704. The minimum atomic E-state index is -3.08. The molecule has 54 valence electrons. The van der Waals surface area contributed by atoms with Gasteiger partial charge in [0.25, 0.3) is 0 Å². The van der Waals surface area contributed by atoms with Crippen LogP contribution in [0.2, 0.25) is 0 Å². The van der Waals surface area contributed by atoms with Crippen LogP contribution in [-0.2, 0) is 9.84 Å². The van der Waals surface area contributed by atoms with Gasteiger partial charge in [-0.05, 0) is 13.8 Å². The SMILES string of the molecule is CC1(C)C(F)CS1(=O)=O. The smallest absolute Gasteiger partial charge is 0.161 e. The quantitative estimate of drug-likeness (QED) is 0.507. The third-order valence-electron chi connectivity index (χ3n) is 1.92. The first-order chi connectivity index (χ1) is 3.88. The highest BCUT2D eigenvalue weighted by atomic mass is 32.2. The minimum Gasteiger partial charge on any atom is -0.245 e. The van der Waals surface area contributed by atoms with Crippen LogP contribution in [0.25, 0.3) is 0 Å². The second-order valence-electron chi connectivity index (χ2n) is 2.85. The van der Waals surface area contributed by atoms with Gasteiger partial charge in [0, 0.05) is 0 Å². The summed E-state index contributed by atoms with van der Waals surface area (Å²) in [5, 5.41) is 0. The van der Waals surface area contributed by atoms with Crippen molar-refractivity contribution in [2.24, 2.45) is 0 Å². The summed E-state index contributed by atoms with van der Waals surface area (Å²) >= 11 is 0. The summed E-state index contributed by atoms with van der Waals surface area (Å²) in [6, 6.07) is 0. The molecule has 1 rings (SSSR count). The Hall–Kier alpha value is -0.120. The molecule has 1 saturated heterocycles. The summed E-state index contributed by atoms with van der Waals surface area (Å²) in [7, 11) is -3.08. The van der Waals surface area contributed by atoms with Gasteiger partial charge in [0.05, 0.1) is 10.5 Å². The highest BCUT2D eigenvalue weighted by Crippen LogP contribution is 2.35. The Bertz CT molecular complexity index is 217. The van der Waals surface area contributed by atoms with Gasteiger partial charge in [-0.25, -0.2) is 12.8 Å². The maximum absolute atomic E-state index is 12.4. The second kappa shape index (κ2) is 1.48. The lowest BCUT2D eigenvalue weighted by atomic mass is 10.1. The topological polar surface area (TPSA) is 34.1 Å². The van der Waals surface area contributed by atoms with E-state index in [1.54, 1.807) is 0 Å². The van der Waals surface area contributed by atoms with Crippen molar-refractivity contribution in [3.63, 3.8) is 0 Å². The molecule has 0 aliphatic carbocycles. The van der Waals surface area contributed by atoms with Gasteiger partial charge in [-0.1, -0.05) is 0 Å². The third kappa shape index (κ3) is 0.689. The Kier molecular flexibility index (Phi) is 1.15.